The molecule has 0 unspecified atom stereocenters. The van der Waals surface area contributed by atoms with E-state index in [-0.39, 0.29) is 17.9 Å². The van der Waals surface area contributed by atoms with Gasteiger partial charge in [0.15, 0.2) is 0 Å². The van der Waals surface area contributed by atoms with E-state index in [1.54, 1.807) is 36.4 Å². The predicted octanol–water partition coefficient (Wildman–Crippen LogP) is 5.46. The highest BCUT2D eigenvalue weighted by atomic mass is 79.9. The van der Waals surface area contributed by atoms with Crippen LogP contribution in [0.15, 0.2) is 77.3 Å². The topological polar surface area (TPSA) is 67.4 Å². The van der Waals surface area contributed by atoms with Crippen LogP contribution in [-0.2, 0) is 6.42 Å². The molecule has 0 aromatic heterocycles. The third-order valence-electron chi connectivity index (χ3n) is 4.48. The van der Waals surface area contributed by atoms with E-state index in [9.17, 15) is 9.59 Å². The van der Waals surface area contributed by atoms with Crippen LogP contribution in [0, 0.1) is 0 Å². The summed E-state index contributed by atoms with van der Waals surface area (Å²) in [7, 11) is 0. The van der Waals surface area contributed by atoms with Gasteiger partial charge < -0.3 is 15.4 Å². The first-order valence-corrected chi connectivity index (χ1v) is 10.9. The summed E-state index contributed by atoms with van der Waals surface area (Å²) in [5.41, 5.74) is 2.61. The number of carbonyl (C=O) groups excluding carboxylic acids is 2. The van der Waals surface area contributed by atoms with Crippen molar-refractivity contribution in [1.82, 2.24) is 5.32 Å². The van der Waals surface area contributed by atoms with E-state index in [1.807, 2.05) is 50.2 Å². The highest BCUT2D eigenvalue weighted by Crippen LogP contribution is 2.25. The van der Waals surface area contributed by atoms with Gasteiger partial charge in [0.2, 0.25) is 0 Å². The van der Waals surface area contributed by atoms with Gasteiger partial charge in [0.05, 0.1) is 12.2 Å². The lowest BCUT2D eigenvalue weighted by Gasteiger charge is -2.13. The van der Waals surface area contributed by atoms with Crippen molar-refractivity contribution in [2.24, 2.45) is 0 Å². The molecule has 6 heteroatoms. The van der Waals surface area contributed by atoms with E-state index in [2.05, 4.69) is 26.6 Å². The lowest BCUT2D eigenvalue weighted by molar-refractivity contribution is 0.0941. The molecule has 3 aromatic rings. The molecule has 2 N–H and O–H groups in total. The number of rotatable bonds is 8. The van der Waals surface area contributed by atoms with E-state index >= 15 is 0 Å². The molecule has 0 aliphatic carbocycles. The molecule has 0 aliphatic rings. The summed E-state index contributed by atoms with van der Waals surface area (Å²) >= 11 is 3.42. The number of halogens is 1. The van der Waals surface area contributed by atoms with Crippen molar-refractivity contribution < 1.29 is 14.3 Å². The van der Waals surface area contributed by atoms with Gasteiger partial charge in [-0.05, 0) is 55.8 Å². The molecule has 0 saturated carbocycles. The summed E-state index contributed by atoms with van der Waals surface area (Å²) in [5.74, 6) is 0.0151. The minimum absolute atomic E-state index is 0.0306. The average Bonchev–Trinajstić information content (AvgIpc) is 2.75. The van der Waals surface area contributed by atoms with E-state index in [4.69, 9.17) is 4.74 Å². The van der Waals surface area contributed by atoms with Crippen LogP contribution in [0.4, 0.5) is 5.69 Å². The Morgan fingerprint density at radius 3 is 2.45 bits per heavy atom. The molecule has 3 rings (SSSR count). The molecular weight excluding hydrogens is 456 g/mol. The second-order valence-electron chi connectivity index (χ2n) is 7.39. The zero-order chi connectivity index (χ0) is 22.2. The zero-order valence-electron chi connectivity index (χ0n) is 17.5. The molecule has 0 spiro atoms. The maximum atomic E-state index is 13.0. The quantitative estimate of drug-likeness (QED) is 0.449. The third kappa shape index (κ3) is 6.69. The highest BCUT2D eigenvalue weighted by Gasteiger charge is 2.15. The van der Waals surface area contributed by atoms with Crippen molar-refractivity contribution >= 4 is 33.4 Å². The molecule has 2 amide bonds. The molecule has 0 bridgehead atoms. The van der Waals surface area contributed by atoms with Gasteiger partial charge in [0.1, 0.15) is 5.75 Å². The van der Waals surface area contributed by atoms with Crippen LogP contribution >= 0.6 is 15.9 Å². The lowest BCUT2D eigenvalue weighted by Crippen LogP contribution is -2.30. The molecule has 0 heterocycles. The maximum Gasteiger partial charge on any atom is 0.259 e. The first-order chi connectivity index (χ1) is 14.9. The SMILES string of the molecule is CC(C)NC(=O)c1cccc(NC(=O)c2cc(Br)ccc2OCCc2ccccc2)c1. The Hall–Kier alpha value is -3.12. The van der Waals surface area contributed by atoms with E-state index < -0.39 is 0 Å². The molecule has 0 saturated heterocycles. The molecule has 31 heavy (non-hydrogen) atoms. The standard InChI is InChI=1S/C25H25BrN2O3/c1-17(2)27-24(29)19-9-6-10-21(15-19)28-25(30)22-16-20(26)11-12-23(22)31-14-13-18-7-4-3-5-8-18/h3-12,15-17H,13-14H2,1-2H3,(H,27,29)(H,28,30). The molecular formula is C25H25BrN2O3. The van der Waals surface area contributed by atoms with Gasteiger partial charge in [-0.15, -0.1) is 0 Å². The van der Waals surface area contributed by atoms with Crippen LogP contribution in [0.5, 0.6) is 5.75 Å². The van der Waals surface area contributed by atoms with Gasteiger partial charge in [-0.2, -0.15) is 0 Å². The molecule has 5 nitrogen and oxygen atoms in total. The van der Waals surface area contributed by atoms with Crippen molar-refractivity contribution in [3.8, 4) is 5.75 Å². The van der Waals surface area contributed by atoms with Gasteiger partial charge in [-0.3, -0.25) is 9.59 Å². The van der Waals surface area contributed by atoms with Crippen LogP contribution in [0.1, 0.15) is 40.1 Å². The highest BCUT2D eigenvalue weighted by molar-refractivity contribution is 9.10. The fourth-order valence-electron chi connectivity index (χ4n) is 3.01. The molecule has 3 aromatic carbocycles. The fraction of sp³-hybridized carbons (Fsp3) is 0.200. The third-order valence-corrected chi connectivity index (χ3v) is 4.97. The number of amides is 2. The van der Waals surface area contributed by atoms with Crippen LogP contribution in [0.3, 0.4) is 0 Å². The number of nitrogens with one attached hydrogen (secondary N) is 2. The van der Waals surface area contributed by atoms with Gasteiger partial charge in [-0.1, -0.05) is 52.3 Å². The number of ether oxygens (including phenoxy) is 1. The van der Waals surface area contributed by atoms with Crippen molar-refractivity contribution in [1.29, 1.82) is 0 Å². The first-order valence-electron chi connectivity index (χ1n) is 10.1. The second kappa shape index (κ2) is 10.8. The predicted molar refractivity (Wildman–Crippen MR) is 127 cm³/mol. The Balaban J connectivity index is 1.71. The van der Waals surface area contributed by atoms with E-state index in [0.717, 1.165) is 10.9 Å². The molecule has 0 radical (unpaired) electrons. The number of hydrogen-bond acceptors (Lipinski definition) is 3. The number of anilines is 1. The minimum atomic E-state index is -0.308. The number of hydrogen-bond donors (Lipinski definition) is 2. The Labute approximate surface area is 191 Å². The van der Waals surface area contributed by atoms with Crippen LogP contribution < -0.4 is 15.4 Å². The fourth-order valence-corrected chi connectivity index (χ4v) is 3.37. The van der Waals surface area contributed by atoms with E-state index in [0.29, 0.717) is 29.2 Å². The second-order valence-corrected chi connectivity index (χ2v) is 8.30. The number of carbonyl (C=O) groups is 2. The van der Waals surface area contributed by atoms with Gasteiger partial charge in [0.25, 0.3) is 11.8 Å². The van der Waals surface area contributed by atoms with Crippen molar-refractivity contribution in [2.45, 2.75) is 26.3 Å². The molecule has 0 atom stereocenters. The summed E-state index contributed by atoms with van der Waals surface area (Å²) < 4.78 is 6.69. The van der Waals surface area contributed by atoms with Crippen LogP contribution in [0.2, 0.25) is 0 Å². The zero-order valence-corrected chi connectivity index (χ0v) is 19.1. The van der Waals surface area contributed by atoms with Gasteiger partial charge in [-0.25, -0.2) is 0 Å². The molecule has 160 valence electrons. The Morgan fingerprint density at radius 1 is 0.935 bits per heavy atom. The Kier molecular flexibility index (Phi) is 7.84. The van der Waals surface area contributed by atoms with Crippen LogP contribution in [-0.4, -0.2) is 24.5 Å². The normalized spacial score (nSPS) is 10.6. The van der Waals surface area contributed by atoms with E-state index in [1.165, 1.54) is 5.56 Å². The average molecular weight is 481 g/mol. The van der Waals surface area contributed by atoms with Gasteiger partial charge >= 0.3 is 0 Å². The summed E-state index contributed by atoms with van der Waals surface area (Å²) in [6.45, 7) is 4.25. The largest absolute Gasteiger partial charge is 0.492 e. The summed E-state index contributed by atoms with van der Waals surface area (Å²) in [4.78, 5) is 25.2. The van der Waals surface area contributed by atoms with Crippen molar-refractivity contribution in [3.05, 3.63) is 94.0 Å². The van der Waals surface area contributed by atoms with Crippen molar-refractivity contribution in [3.63, 3.8) is 0 Å². The van der Waals surface area contributed by atoms with Gasteiger partial charge in [0, 0.05) is 28.2 Å². The smallest absolute Gasteiger partial charge is 0.259 e. The summed E-state index contributed by atoms with van der Waals surface area (Å²) in [5, 5.41) is 5.71. The molecule has 0 aliphatic heterocycles. The van der Waals surface area contributed by atoms with Crippen LogP contribution in [0.25, 0.3) is 0 Å². The lowest BCUT2D eigenvalue weighted by atomic mass is 10.1. The summed E-state index contributed by atoms with van der Waals surface area (Å²) in [6.07, 6.45) is 0.741. The minimum Gasteiger partial charge on any atom is -0.492 e. The molecule has 0 fully saturated rings. The maximum absolute atomic E-state index is 13.0. The summed E-state index contributed by atoms with van der Waals surface area (Å²) in [6, 6.07) is 22.3. The number of benzene rings is 3. The Bertz CT molecular complexity index is 1050. The Morgan fingerprint density at radius 2 is 1.71 bits per heavy atom. The monoisotopic (exact) mass is 480 g/mol. The first kappa shape index (κ1) is 22.6. The van der Waals surface area contributed by atoms with Crippen molar-refractivity contribution in [2.75, 3.05) is 11.9 Å².